The number of carbonyl (C=O) groups is 2. The van der Waals surface area contributed by atoms with Gasteiger partial charge in [-0.2, -0.15) is 0 Å². The maximum absolute atomic E-state index is 13.9. The molecule has 11 nitrogen and oxygen atoms in total. The molecule has 0 aromatic heterocycles. The molecule has 0 unspecified atom stereocenters. The van der Waals surface area contributed by atoms with Crippen molar-refractivity contribution in [3.05, 3.63) is 118 Å². The molecule has 44 heavy (non-hydrogen) atoms. The van der Waals surface area contributed by atoms with Crippen LogP contribution < -0.4 is 21.6 Å². The van der Waals surface area contributed by atoms with E-state index in [1.165, 1.54) is 41.3 Å². The van der Waals surface area contributed by atoms with Crippen molar-refractivity contribution < 1.29 is 42.5 Å². The quantitative estimate of drug-likeness (QED) is 0.0287. The number of non-ortho nitro benzene ring substituents is 1. The van der Waals surface area contributed by atoms with E-state index in [9.17, 15) is 37.3 Å². The van der Waals surface area contributed by atoms with Gasteiger partial charge in [0.1, 0.15) is 5.82 Å². The van der Waals surface area contributed by atoms with E-state index in [-0.39, 0.29) is 22.6 Å². The predicted molar refractivity (Wildman–Crippen MR) is 167 cm³/mol. The highest BCUT2D eigenvalue weighted by atomic mass is 127. The van der Waals surface area contributed by atoms with Gasteiger partial charge in [0.15, 0.2) is 17.5 Å². The number of benzene rings is 4. The molecule has 6 N–H and O–H groups in total. The second-order valence-corrected chi connectivity index (χ2v) is 11.1. The lowest BCUT2D eigenvalue weighted by atomic mass is 10.1. The molecule has 0 aliphatic heterocycles. The van der Waals surface area contributed by atoms with Crippen LogP contribution >= 0.6 is 45.2 Å². The van der Waals surface area contributed by atoms with Crippen LogP contribution in [-0.4, -0.2) is 27.2 Å². The van der Waals surface area contributed by atoms with Gasteiger partial charge in [0, 0.05) is 25.0 Å². The van der Waals surface area contributed by atoms with Crippen LogP contribution in [-0.2, 0) is 0 Å². The summed E-state index contributed by atoms with van der Waals surface area (Å²) in [5.41, 5.74) is 2.76. The molecule has 2 amide bonds. The number of anilines is 4. The number of halogens is 6. The van der Waals surface area contributed by atoms with Crippen LogP contribution in [0.4, 0.5) is 46.0 Å². The van der Waals surface area contributed by atoms with Crippen molar-refractivity contribution >= 4 is 85.4 Å². The zero-order valence-electron chi connectivity index (χ0n) is 22.0. The third-order valence-electron chi connectivity index (χ3n) is 5.72. The van der Waals surface area contributed by atoms with Crippen molar-refractivity contribution in [3.8, 4) is 0 Å². The second kappa shape index (κ2) is 15.1. The van der Waals surface area contributed by atoms with Gasteiger partial charge in [-0.05, 0) is 106 Å². The number of hydrogen-bond donors (Lipinski definition) is 6. The Balaban J connectivity index is 0.000000240. The highest BCUT2D eigenvalue weighted by Gasteiger charge is 2.23. The number of rotatable bonds is 7. The number of carbonyl (C=O) groups excluding carboxylic acids is 2. The fraction of sp³-hybridized carbons (Fsp3) is 0.0370. The SMILES string of the molecule is Cc1cc(I)ccc1Nc1cc([N+](=O)[O-])ccc1C(=O)NO.O=C(NO)c1cc(F)c(F)c(F)c1Nc1ccc(I)cc1F. The Morgan fingerprint density at radius 2 is 1.32 bits per heavy atom. The van der Waals surface area contributed by atoms with Crippen LogP contribution in [0.15, 0.2) is 60.7 Å². The first-order valence-corrected chi connectivity index (χ1v) is 14.0. The highest BCUT2D eigenvalue weighted by Crippen LogP contribution is 2.30. The molecule has 17 heteroatoms. The normalized spacial score (nSPS) is 10.3. The number of amides is 2. The van der Waals surface area contributed by atoms with Crippen molar-refractivity contribution in [2.75, 3.05) is 10.6 Å². The predicted octanol–water partition coefficient (Wildman–Crippen LogP) is 7.08. The molecule has 4 aromatic carbocycles. The molecule has 0 fully saturated rings. The van der Waals surface area contributed by atoms with Gasteiger partial charge in [-0.3, -0.25) is 30.1 Å². The van der Waals surface area contributed by atoms with E-state index >= 15 is 0 Å². The van der Waals surface area contributed by atoms with Crippen molar-refractivity contribution in [1.29, 1.82) is 0 Å². The number of nitrogens with zero attached hydrogens (tertiary/aromatic N) is 1. The summed E-state index contributed by atoms with van der Waals surface area (Å²) in [6.45, 7) is 1.88. The summed E-state index contributed by atoms with van der Waals surface area (Å²) in [5, 5.41) is 33.4. The van der Waals surface area contributed by atoms with Gasteiger partial charge in [-0.25, -0.2) is 28.5 Å². The van der Waals surface area contributed by atoms with E-state index in [2.05, 4.69) is 33.2 Å². The van der Waals surface area contributed by atoms with Gasteiger partial charge in [0.05, 0.1) is 33.1 Å². The third-order valence-corrected chi connectivity index (χ3v) is 7.06. The number of nitro benzene ring substituents is 1. The summed E-state index contributed by atoms with van der Waals surface area (Å²) in [6, 6.07) is 13.6. The smallest absolute Gasteiger partial charge is 0.276 e. The van der Waals surface area contributed by atoms with Gasteiger partial charge in [-0.15, -0.1) is 0 Å². The van der Waals surface area contributed by atoms with E-state index in [1.54, 1.807) is 0 Å². The molecular weight excluding hydrogens is 820 g/mol. The molecule has 0 saturated carbocycles. The van der Waals surface area contributed by atoms with Gasteiger partial charge in [0.25, 0.3) is 17.5 Å². The molecule has 4 rings (SSSR count). The van der Waals surface area contributed by atoms with Gasteiger partial charge in [0.2, 0.25) is 0 Å². The Labute approximate surface area is 273 Å². The molecule has 4 aromatic rings. The largest absolute Gasteiger partial charge is 0.354 e. The monoisotopic (exact) mass is 839 g/mol. The Morgan fingerprint density at radius 3 is 1.89 bits per heavy atom. The van der Waals surface area contributed by atoms with Crippen LogP contribution in [0.2, 0.25) is 0 Å². The van der Waals surface area contributed by atoms with E-state index in [0.29, 0.717) is 15.3 Å². The number of aryl methyl sites for hydroxylation is 1. The van der Waals surface area contributed by atoms with Crippen molar-refractivity contribution in [2.24, 2.45) is 0 Å². The topological polar surface area (TPSA) is 166 Å². The molecule has 0 heterocycles. The highest BCUT2D eigenvalue weighted by molar-refractivity contribution is 14.1. The van der Waals surface area contributed by atoms with Crippen LogP contribution in [0.3, 0.4) is 0 Å². The molecule has 0 spiro atoms. The fourth-order valence-electron chi connectivity index (χ4n) is 3.60. The van der Waals surface area contributed by atoms with Gasteiger partial charge in [-0.1, -0.05) is 0 Å². The third kappa shape index (κ3) is 8.30. The lowest BCUT2D eigenvalue weighted by Gasteiger charge is -2.13. The minimum atomic E-state index is -1.83. The first kappa shape index (κ1) is 34.4. The molecular formula is C27H19F4I2N5O6. The lowest BCUT2D eigenvalue weighted by molar-refractivity contribution is -0.384. The van der Waals surface area contributed by atoms with Crippen LogP contribution in [0.1, 0.15) is 26.3 Å². The minimum absolute atomic E-state index is 0.103. The van der Waals surface area contributed by atoms with E-state index in [1.807, 2.05) is 47.7 Å². The van der Waals surface area contributed by atoms with Gasteiger partial charge >= 0.3 is 0 Å². The number of hydroxylamine groups is 2. The lowest BCUT2D eigenvalue weighted by Crippen LogP contribution is -2.21. The summed E-state index contributed by atoms with van der Waals surface area (Å²) in [4.78, 5) is 33.4. The van der Waals surface area contributed by atoms with E-state index in [0.717, 1.165) is 15.2 Å². The van der Waals surface area contributed by atoms with Gasteiger partial charge < -0.3 is 10.6 Å². The Bertz CT molecular complexity index is 1760. The number of nitrogens with one attached hydrogen (secondary N) is 4. The van der Waals surface area contributed by atoms with Crippen LogP contribution in [0, 0.1) is 47.4 Å². The maximum Gasteiger partial charge on any atom is 0.276 e. The minimum Gasteiger partial charge on any atom is -0.354 e. The summed E-state index contributed by atoms with van der Waals surface area (Å²) >= 11 is 4.02. The first-order valence-electron chi connectivity index (χ1n) is 11.9. The zero-order valence-corrected chi connectivity index (χ0v) is 26.3. The average molecular weight is 839 g/mol. The van der Waals surface area contributed by atoms with Crippen molar-refractivity contribution in [2.45, 2.75) is 6.92 Å². The summed E-state index contributed by atoms with van der Waals surface area (Å²) in [6.07, 6.45) is 0. The average Bonchev–Trinajstić information content (AvgIpc) is 2.99. The van der Waals surface area contributed by atoms with Crippen molar-refractivity contribution in [3.63, 3.8) is 0 Å². The second-order valence-electron chi connectivity index (χ2n) is 8.61. The fourth-order valence-corrected chi connectivity index (χ4v) is 4.70. The molecule has 0 radical (unpaired) electrons. The maximum atomic E-state index is 13.9. The van der Waals surface area contributed by atoms with E-state index in [4.69, 9.17) is 10.4 Å². The summed E-state index contributed by atoms with van der Waals surface area (Å²) in [5.74, 6) is -7.98. The zero-order chi connectivity index (χ0) is 32.7. The number of nitro groups is 1. The molecule has 0 atom stereocenters. The molecule has 0 bridgehead atoms. The first-order chi connectivity index (χ1) is 20.8. The molecule has 230 valence electrons. The van der Waals surface area contributed by atoms with E-state index < -0.39 is 51.3 Å². The standard InChI is InChI=1S/C14H12IN3O4.C13H7F4IN2O2/c1-8-6-9(15)2-5-12(8)16-13-7-10(18(21)22)3-4-11(13)14(19)17-20;14-7-3-5(18)1-2-9(7)19-12-6(13(21)20-22)4-8(15)10(16)11(12)17/h2-7,16,20H,1H3,(H,17,19);1-4,19,22H,(H,20,21). The Hall–Kier alpha value is -4.08. The number of hydrogen-bond acceptors (Lipinski definition) is 8. The van der Waals surface area contributed by atoms with Crippen molar-refractivity contribution in [1.82, 2.24) is 11.0 Å². The Kier molecular flexibility index (Phi) is 11.8. The van der Waals surface area contributed by atoms with Crippen LogP contribution in [0.5, 0.6) is 0 Å². The molecule has 0 saturated heterocycles. The Morgan fingerprint density at radius 1 is 0.727 bits per heavy atom. The molecule has 0 aliphatic rings. The molecule has 0 aliphatic carbocycles. The van der Waals surface area contributed by atoms with Crippen LogP contribution in [0.25, 0.3) is 0 Å². The summed E-state index contributed by atoms with van der Waals surface area (Å²) < 4.78 is 55.7. The summed E-state index contributed by atoms with van der Waals surface area (Å²) in [7, 11) is 0.